The molecule has 0 aromatic heterocycles. The maximum Gasteiger partial charge on any atom is 0.0373 e. The maximum atomic E-state index is 6.17. The van der Waals surface area contributed by atoms with E-state index in [4.69, 9.17) is 5.73 Å². The lowest BCUT2D eigenvalue weighted by molar-refractivity contribution is 0.633. The molecule has 1 aliphatic heterocycles. The van der Waals surface area contributed by atoms with Crippen LogP contribution in [-0.4, -0.2) is 6.54 Å². The van der Waals surface area contributed by atoms with Crippen molar-refractivity contribution in [2.24, 2.45) is 11.7 Å². The van der Waals surface area contributed by atoms with Crippen LogP contribution in [0.25, 0.3) is 0 Å². The van der Waals surface area contributed by atoms with Crippen LogP contribution in [-0.2, 0) is 6.42 Å². The molecule has 1 aromatic carbocycles. The van der Waals surface area contributed by atoms with Gasteiger partial charge in [-0.3, -0.25) is 0 Å². The lowest BCUT2D eigenvalue weighted by atomic mass is 10.00. The Balaban J connectivity index is 1.91. The first-order chi connectivity index (χ1) is 6.84. The minimum atomic E-state index is 0.279. The summed E-state index contributed by atoms with van der Waals surface area (Å²) in [5.41, 5.74) is 10.2. The summed E-state index contributed by atoms with van der Waals surface area (Å²) < 4.78 is 0. The van der Waals surface area contributed by atoms with Crippen LogP contribution < -0.4 is 11.1 Å². The predicted octanol–water partition coefficient (Wildman–Crippen LogP) is 2.06. The van der Waals surface area contributed by atoms with Gasteiger partial charge in [0.1, 0.15) is 0 Å². The van der Waals surface area contributed by atoms with Crippen LogP contribution in [0.15, 0.2) is 18.2 Å². The van der Waals surface area contributed by atoms with Crippen LogP contribution in [0.4, 0.5) is 5.69 Å². The van der Waals surface area contributed by atoms with Crippen LogP contribution in [0.5, 0.6) is 0 Å². The van der Waals surface area contributed by atoms with Crippen molar-refractivity contribution in [1.82, 2.24) is 0 Å². The minimum absolute atomic E-state index is 0.279. The van der Waals surface area contributed by atoms with E-state index >= 15 is 0 Å². The predicted molar refractivity (Wildman–Crippen MR) is 58.3 cm³/mol. The molecule has 74 valence electrons. The van der Waals surface area contributed by atoms with Crippen molar-refractivity contribution >= 4 is 5.69 Å². The van der Waals surface area contributed by atoms with Crippen molar-refractivity contribution in [3.05, 3.63) is 29.3 Å². The molecule has 0 saturated heterocycles. The van der Waals surface area contributed by atoms with Gasteiger partial charge in [-0.15, -0.1) is 0 Å². The van der Waals surface area contributed by atoms with Crippen molar-refractivity contribution in [2.75, 3.05) is 11.9 Å². The van der Waals surface area contributed by atoms with E-state index < -0.39 is 0 Å². The summed E-state index contributed by atoms with van der Waals surface area (Å²) in [6.07, 6.45) is 3.79. The van der Waals surface area contributed by atoms with Gasteiger partial charge in [0.05, 0.1) is 0 Å². The van der Waals surface area contributed by atoms with Crippen LogP contribution in [0.3, 0.4) is 0 Å². The van der Waals surface area contributed by atoms with Gasteiger partial charge in [-0.05, 0) is 42.4 Å². The highest BCUT2D eigenvalue weighted by molar-refractivity contribution is 5.56. The van der Waals surface area contributed by atoms with Crippen molar-refractivity contribution < 1.29 is 0 Å². The lowest BCUT2D eigenvalue weighted by Gasteiger charge is -2.11. The number of rotatable bonds is 2. The van der Waals surface area contributed by atoms with E-state index in [1.807, 2.05) is 0 Å². The van der Waals surface area contributed by atoms with Gasteiger partial charge in [-0.25, -0.2) is 0 Å². The molecule has 14 heavy (non-hydrogen) atoms. The average molecular weight is 188 g/mol. The first-order valence-corrected chi connectivity index (χ1v) is 5.47. The summed E-state index contributed by atoms with van der Waals surface area (Å²) >= 11 is 0. The SMILES string of the molecule is NC(c1ccc2c(c1)CCN2)C1CC1. The summed E-state index contributed by atoms with van der Waals surface area (Å²) in [5.74, 6) is 0.752. The van der Waals surface area contributed by atoms with Crippen LogP contribution in [0.2, 0.25) is 0 Å². The topological polar surface area (TPSA) is 38.0 Å². The third-order valence-electron chi connectivity index (χ3n) is 3.35. The van der Waals surface area contributed by atoms with Gasteiger partial charge < -0.3 is 11.1 Å². The summed E-state index contributed by atoms with van der Waals surface area (Å²) in [4.78, 5) is 0. The third kappa shape index (κ3) is 1.30. The first kappa shape index (κ1) is 8.30. The van der Waals surface area contributed by atoms with E-state index in [9.17, 15) is 0 Å². The molecule has 3 rings (SSSR count). The lowest BCUT2D eigenvalue weighted by Crippen LogP contribution is -2.12. The molecule has 1 saturated carbocycles. The molecule has 2 aliphatic rings. The Morgan fingerprint density at radius 2 is 2.21 bits per heavy atom. The van der Waals surface area contributed by atoms with Gasteiger partial charge in [0, 0.05) is 18.3 Å². The van der Waals surface area contributed by atoms with Gasteiger partial charge in [0.2, 0.25) is 0 Å². The molecule has 1 unspecified atom stereocenters. The first-order valence-electron chi connectivity index (χ1n) is 5.47. The highest BCUT2D eigenvalue weighted by atomic mass is 14.9. The summed E-state index contributed by atoms with van der Waals surface area (Å²) in [6, 6.07) is 6.93. The summed E-state index contributed by atoms with van der Waals surface area (Å²) in [5, 5.41) is 3.37. The van der Waals surface area contributed by atoms with Crippen molar-refractivity contribution in [3.63, 3.8) is 0 Å². The third-order valence-corrected chi connectivity index (χ3v) is 3.35. The highest BCUT2D eigenvalue weighted by Crippen LogP contribution is 2.40. The smallest absolute Gasteiger partial charge is 0.0373 e. The average Bonchev–Trinajstić information content (AvgIpc) is 2.95. The van der Waals surface area contributed by atoms with E-state index in [0.29, 0.717) is 0 Å². The van der Waals surface area contributed by atoms with Crippen LogP contribution in [0, 0.1) is 5.92 Å². The van der Waals surface area contributed by atoms with Crippen LogP contribution >= 0.6 is 0 Å². The molecule has 1 atom stereocenters. The van der Waals surface area contributed by atoms with E-state index in [-0.39, 0.29) is 6.04 Å². The van der Waals surface area contributed by atoms with Crippen LogP contribution in [0.1, 0.15) is 30.0 Å². The second-order valence-electron chi connectivity index (χ2n) is 4.46. The molecule has 0 radical (unpaired) electrons. The number of nitrogens with one attached hydrogen (secondary N) is 1. The highest BCUT2D eigenvalue weighted by Gasteiger charge is 2.29. The number of fused-ring (bicyclic) bond motifs is 1. The van der Waals surface area contributed by atoms with Gasteiger partial charge in [-0.2, -0.15) is 0 Å². The second-order valence-corrected chi connectivity index (χ2v) is 4.46. The van der Waals surface area contributed by atoms with Crippen molar-refractivity contribution in [1.29, 1.82) is 0 Å². The molecule has 2 nitrogen and oxygen atoms in total. The molecule has 1 aliphatic carbocycles. The fourth-order valence-electron chi connectivity index (χ4n) is 2.26. The Kier molecular flexibility index (Phi) is 1.77. The largest absolute Gasteiger partial charge is 0.384 e. The minimum Gasteiger partial charge on any atom is -0.384 e. The summed E-state index contributed by atoms with van der Waals surface area (Å²) in [7, 11) is 0. The van der Waals surface area contributed by atoms with E-state index in [2.05, 4.69) is 23.5 Å². The molecular weight excluding hydrogens is 172 g/mol. The van der Waals surface area contributed by atoms with Gasteiger partial charge in [-0.1, -0.05) is 12.1 Å². The fraction of sp³-hybridized carbons (Fsp3) is 0.500. The Morgan fingerprint density at radius 3 is 3.00 bits per heavy atom. The zero-order valence-corrected chi connectivity index (χ0v) is 8.29. The molecule has 1 heterocycles. The Morgan fingerprint density at radius 1 is 1.36 bits per heavy atom. The number of benzene rings is 1. The quantitative estimate of drug-likeness (QED) is 0.745. The van der Waals surface area contributed by atoms with Gasteiger partial charge >= 0.3 is 0 Å². The number of hydrogen-bond acceptors (Lipinski definition) is 2. The summed E-state index contributed by atoms with van der Waals surface area (Å²) in [6.45, 7) is 1.08. The Bertz CT molecular complexity index is 355. The van der Waals surface area contributed by atoms with E-state index in [0.717, 1.165) is 18.9 Å². The molecule has 3 N–H and O–H groups in total. The van der Waals surface area contributed by atoms with E-state index in [1.54, 1.807) is 0 Å². The maximum absolute atomic E-state index is 6.17. The monoisotopic (exact) mass is 188 g/mol. The molecular formula is C12H16N2. The van der Waals surface area contributed by atoms with Crippen molar-refractivity contribution in [2.45, 2.75) is 25.3 Å². The Hall–Kier alpha value is -1.02. The van der Waals surface area contributed by atoms with Crippen molar-refractivity contribution in [3.8, 4) is 0 Å². The molecule has 0 bridgehead atoms. The molecule has 1 fully saturated rings. The molecule has 2 heteroatoms. The van der Waals surface area contributed by atoms with Gasteiger partial charge in [0.15, 0.2) is 0 Å². The van der Waals surface area contributed by atoms with E-state index in [1.165, 1.54) is 29.7 Å². The number of anilines is 1. The van der Waals surface area contributed by atoms with Gasteiger partial charge in [0.25, 0.3) is 0 Å². The number of hydrogen-bond donors (Lipinski definition) is 2. The normalized spacial score (nSPS) is 21.5. The Labute approximate surface area is 84.5 Å². The fourth-order valence-corrected chi connectivity index (χ4v) is 2.26. The molecule has 1 aromatic rings. The number of nitrogens with two attached hydrogens (primary N) is 1. The molecule has 0 amide bonds. The second kappa shape index (κ2) is 2.99. The molecule has 0 spiro atoms. The zero-order chi connectivity index (χ0) is 9.54. The zero-order valence-electron chi connectivity index (χ0n) is 8.29. The standard InChI is InChI=1S/C12H16N2/c13-12(8-1-2-8)10-3-4-11-9(7-10)5-6-14-11/h3-4,7-8,12,14H,1-2,5-6,13H2.